The maximum atomic E-state index is 8.73. The topological polar surface area (TPSA) is 60.1 Å². The number of morpholine rings is 1. The molecule has 1 fully saturated rings. The highest BCUT2D eigenvalue weighted by atomic mass is 16.5. The van der Waals surface area contributed by atoms with Crippen LogP contribution >= 0.6 is 0 Å². The molecular weight excluding hydrogens is 178 g/mol. The van der Waals surface area contributed by atoms with Gasteiger partial charge in [0, 0.05) is 19.1 Å². The molecular formula is C10H15N3O. The number of nitriles is 2. The summed E-state index contributed by atoms with van der Waals surface area (Å²) >= 11 is 0. The largest absolute Gasteiger partial charge is 0.361 e. The van der Waals surface area contributed by atoms with Crippen LogP contribution in [0.2, 0.25) is 0 Å². The Morgan fingerprint density at radius 2 is 2.36 bits per heavy atom. The Hall–Kier alpha value is -1.10. The van der Waals surface area contributed by atoms with Gasteiger partial charge in [0.25, 0.3) is 0 Å². The average Bonchev–Trinajstić information content (AvgIpc) is 2.26. The van der Waals surface area contributed by atoms with E-state index in [1.165, 1.54) is 0 Å². The Labute approximate surface area is 84.7 Å². The van der Waals surface area contributed by atoms with Gasteiger partial charge in [-0.1, -0.05) is 6.92 Å². The minimum absolute atomic E-state index is 0.278. The number of hydrogen-bond donors (Lipinski definition) is 0. The van der Waals surface area contributed by atoms with Crippen LogP contribution in [0.3, 0.4) is 0 Å². The Morgan fingerprint density at radius 1 is 1.57 bits per heavy atom. The van der Waals surface area contributed by atoms with Crippen LogP contribution in [-0.2, 0) is 4.74 Å². The summed E-state index contributed by atoms with van der Waals surface area (Å²) in [6.07, 6.45) is 1.16. The monoisotopic (exact) mass is 193 g/mol. The first-order chi connectivity index (χ1) is 6.81. The van der Waals surface area contributed by atoms with Gasteiger partial charge in [0.1, 0.15) is 0 Å². The highest BCUT2D eigenvalue weighted by Gasteiger charge is 2.24. The van der Waals surface area contributed by atoms with E-state index in [1.807, 2.05) is 0 Å². The van der Waals surface area contributed by atoms with Crippen molar-refractivity contribution in [2.45, 2.75) is 31.9 Å². The SMILES string of the molecule is CCC(CC#N)N1CCOC(C#N)C1. The molecule has 0 aromatic rings. The molecule has 0 N–H and O–H groups in total. The summed E-state index contributed by atoms with van der Waals surface area (Å²) in [4.78, 5) is 2.18. The number of ether oxygens (including phenoxy) is 1. The predicted molar refractivity (Wildman–Crippen MR) is 51.2 cm³/mol. The van der Waals surface area contributed by atoms with Crippen LogP contribution in [-0.4, -0.2) is 36.7 Å². The molecule has 1 saturated heterocycles. The quantitative estimate of drug-likeness (QED) is 0.668. The van der Waals surface area contributed by atoms with Crippen LogP contribution in [0.4, 0.5) is 0 Å². The molecule has 76 valence electrons. The first-order valence-electron chi connectivity index (χ1n) is 4.94. The van der Waals surface area contributed by atoms with E-state index in [2.05, 4.69) is 24.0 Å². The Kier molecular flexibility index (Phi) is 4.39. The lowest BCUT2D eigenvalue weighted by molar-refractivity contribution is -0.0169. The van der Waals surface area contributed by atoms with E-state index in [0.29, 0.717) is 19.6 Å². The first kappa shape index (κ1) is 11.0. The third-order valence-electron chi connectivity index (χ3n) is 2.56. The first-order valence-corrected chi connectivity index (χ1v) is 4.94. The van der Waals surface area contributed by atoms with Gasteiger partial charge in [-0.25, -0.2) is 0 Å². The minimum atomic E-state index is -0.323. The summed E-state index contributed by atoms with van der Waals surface area (Å²) in [6, 6.07) is 4.57. The van der Waals surface area contributed by atoms with Crippen molar-refractivity contribution in [1.29, 1.82) is 10.5 Å². The van der Waals surface area contributed by atoms with Crippen LogP contribution in [0.25, 0.3) is 0 Å². The molecule has 14 heavy (non-hydrogen) atoms. The lowest BCUT2D eigenvalue weighted by Gasteiger charge is -2.34. The van der Waals surface area contributed by atoms with Crippen LogP contribution in [0.1, 0.15) is 19.8 Å². The summed E-state index contributed by atoms with van der Waals surface area (Å²) in [7, 11) is 0. The lowest BCUT2D eigenvalue weighted by atomic mass is 10.1. The molecule has 0 bridgehead atoms. The van der Waals surface area contributed by atoms with Gasteiger partial charge in [0.2, 0.25) is 0 Å². The minimum Gasteiger partial charge on any atom is -0.361 e. The van der Waals surface area contributed by atoms with Crippen molar-refractivity contribution in [2.75, 3.05) is 19.7 Å². The van der Waals surface area contributed by atoms with Gasteiger partial charge >= 0.3 is 0 Å². The van der Waals surface area contributed by atoms with Crippen molar-refractivity contribution >= 4 is 0 Å². The Bertz CT molecular complexity index is 253. The maximum Gasteiger partial charge on any atom is 0.156 e. The fourth-order valence-corrected chi connectivity index (χ4v) is 1.72. The molecule has 0 aromatic carbocycles. The fourth-order valence-electron chi connectivity index (χ4n) is 1.72. The van der Waals surface area contributed by atoms with Crippen molar-refractivity contribution in [2.24, 2.45) is 0 Å². The summed E-state index contributed by atoms with van der Waals surface area (Å²) in [5.74, 6) is 0. The molecule has 1 aliphatic rings. The second-order valence-electron chi connectivity index (χ2n) is 3.41. The molecule has 0 aromatic heterocycles. The Balaban J connectivity index is 2.50. The highest BCUT2D eigenvalue weighted by molar-refractivity contribution is 4.92. The van der Waals surface area contributed by atoms with E-state index < -0.39 is 0 Å². The van der Waals surface area contributed by atoms with Gasteiger partial charge in [-0.15, -0.1) is 0 Å². The Morgan fingerprint density at radius 3 is 2.93 bits per heavy atom. The number of nitrogens with zero attached hydrogens (tertiary/aromatic N) is 3. The van der Waals surface area contributed by atoms with Gasteiger partial charge in [-0.2, -0.15) is 10.5 Å². The fraction of sp³-hybridized carbons (Fsp3) is 0.800. The lowest BCUT2D eigenvalue weighted by Crippen LogP contribution is -2.47. The van der Waals surface area contributed by atoms with Crippen LogP contribution in [0, 0.1) is 22.7 Å². The zero-order valence-corrected chi connectivity index (χ0v) is 8.44. The van der Waals surface area contributed by atoms with Crippen molar-refractivity contribution in [3.63, 3.8) is 0 Å². The van der Waals surface area contributed by atoms with E-state index in [9.17, 15) is 0 Å². The zero-order chi connectivity index (χ0) is 10.4. The summed E-state index contributed by atoms with van der Waals surface area (Å²) in [5, 5.41) is 17.4. The normalized spacial score (nSPS) is 24.9. The van der Waals surface area contributed by atoms with Gasteiger partial charge in [0.15, 0.2) is 6.10 Å². The molecule has 1 rings (SSSR count). The van der Waals surface area contributed by atoms with Crippen molar-refractivity contribution in [1.82, 2.24) is 4.90 Å². The van der Waals surface area contributed by atoms with Crippen LogP contribution in [0.5, 0.6) is 0 Å². The van der Waals surface area contributed by atoms with Crippen molar-refractivity contribution in [3.8, 4) is 12.1 Å². The maximum absolute atomic E-state index is 8.73. The van der Waals surface area contributed by atoms with Gasteiger partial charge in [-0.05, 0) is 6.42 Å². The average molecular weight is 193 g/mol. The van der Waals surface area contributed by atoms with Crippen molar-refractivity contribution in [3.05, 3.63) is 0 Å². The summed E-state index contributed by atoms with van der Waals surface area (Å²) < 4.78 is 5.24. The molecule has 0 aliphatic carbocycles. The molecule has 0 saturated carbocycles. The summed E-state index contributed by atoms with van der Waals surface area (Å²) in [5.41, 5.74) is 0. The van der Waals surface area contributed by atoms with Crippen LogP contribution < -0.4 is 0 Å². The second-order valence-corrected chi connectivity index (χ2v) is 3.41. The van der Waals surface area contributed by atoms with E-state index in [0.717, 1.165) is 13.0 Å². The van der Waals surface area contributed by atoms with Crippen molar-refractivity contribution < 1.29 is 4.74 Å². The molecule has 0 radical (unpaired) electrons. The summed E-state index contributed by atoms with van der Waals surface area (Å²) in [6.45, 7) is 4.13. The zero-order valence-electron chi connectivity index (χ0n) is 8.44. The third kappa shape index (κ3) is 2.70. The smallest absolute Gasteiger partial charge is 0.156 e. The standard InChI is InChI=1S/C10H15N3O/c1-2-9(3-4-11)13-5-6-14-10(7-12)8-13/h9-10H,2-3,5-6,8H2,1H3. The van der Waals surface area contributed by atoms with E-state index in [1.54, 1.807) is 0 Å². The molecule has 4 nitrogen and oxygen atoms in total. The molecule has 2 unspecified atom stereocenters. The van der Waals surface area contributed by atoms with E-state index >= 15 is 0 Å². The molecule has 1 aliphatic heterocycles. The highest BCUT2D eigenvalue weighted by Crippen LogP contribution is 2.13. The predicted octanol–water partition coefficient (Wildman–Crippen LogP) is 0.903. The molecule has 0 spiro atoms. The van der Waals surface area contributed by atoms with Gasteiger partial charge < -0.3 is 4.74 Å². The molecule has 4 heteroatoms. The van der Waals surface area contributed by atoms with Gasteiger partial charge in [-0.3, -0.25) is 4.90 Å². The van der Waals surface area contributed by atoms with Gasteiger partial charge in [0.05, 0.1) is 25.2 Å². The molecule has 0 amide bonds. The van der Waals surface area contributed by atoms with E-state index in [-0.39, 0.29) is 12.1 Å². The molecule has 2 atom stereocenters. The number of hydrogen-bond acceptors (Lipinski definition) is 4. The van der Waals surface area contributed by atoms with E-state index in [4.69, 9.17) is 15.3 Å². The van der Waals surface area contributed by atoms with Crippen LogP contribution in [0.15, 0.2) is 0 Å². The second kappa shape index (κ2) is 5.59. The third-order valence-corrected chi connectivity index (χ3v) is 2.56. The number of rotatable bonds is 3. The molecule has 1 heterocycles.